The minimum Gasteiger partial charge on any atom is -0.493 e. The second-order valence-corrected chi connectivity index (χ2v) is 7.53. The van der Waals surface area contributed by atoms with E-state index in [1.807, 2.05) is 0 Å². The minimum absolute atomic E-state index is 0.00687. The van der Waals surface area contributed by atoms with Gasteiger partial charge in [-0.05, 0) is 23.6 Å². The molecule has 1 aliphatic rings. The van der Waals surface area contributed by atoms with Crippen LogP contribution in [0.1, 0.15) is 21.3 Å². The second kappa shape index (κ2) is 8.27. The topological polar surface area (TPSA) is 106 Å². The molecular weight excluding hydrogens is 441 g/mol. The van der Waals surface area contributed by atoms with Gasteiger partial charge in [-0.15, -0.1) is 11.3 Å². The SMILES string of the molecule is COc1ccc([C@H]2NC(=O)N[C@@](O)(C(F)(F)F)[C@H]2C(=O)c2cccs2)c(OC)c1OC. The van der Waals surface area contributed by atoms with Crippen molar-refractivity contribution >= 4 is 23.2 Å². The van der Waals surface area contributed by atoms with Gasteiger partial charge in [0.25, 0.3) is 0 Å². The van der Waals surface area contributed by atoms with E-state index in [1.54, 1.807) is 0 Å². The first-order valence-corrected chi connectivity index (χ1v) is 9.71. The summed E-state index contributed by atoms with van der Waals surface area (Å²) in [5.41, 5.74) is -3.84. The maximum Gasteiger partial charge on any atom is 0.437 e. The van der Waals surface area contributed by atoms with Crippen molar-refractivity contribution in [2.24, 2.45) is 5.92 Å². The Labute approximate surface area is 178 Å². The van der Waals surface area contributed by atoms with Crippen LogP contribution >= 0.6 is 11.3 Å². The van der Waals surface area contributed by atoms with Gasteiger partial charge in [0, 0.05) is 5.56 Å². The Hall–Kier alpha value is -2.99. The van der Waals surface area contributed by atoms with Crippen LogP contribution in [-0.2, 0) is 0 Å². The molecule has 8 nitrogen and oxygen atoms in total. The van der Waals surface area contributed by atoms with Gasteiger partial charge in [-0.1, -0.05) is 6.07 Å². The zero-order valence-electron chi connectivity index (χ0n) is 16.6. The number of aliphatic hydroxyl groups is 1. The van der Waals surface area contributed by atoms with Crippen LogP contribution in [0.15, 0.2) is 29.6 Å². The lowest BCUT2D eigenvalue weighted by Crippen LogP contribution is -2.72. The molecule has 2 heterocycles. The van der Waals surface area contributed by atoms with Gasteiger partial charge in [-0.3, -0.25) is 4.79 Å². The number of benzene rings is 1. The van der Waals surface area contributed by atoms with Crippen LogP contribution in [-0.4, -0.2) is 50.2 Å². The molecule has 1 fully saturated rings. The van der Waals surface area contributed by atoms with E-state index in [4.69, 9.17) is 14.2 Å². The highest BCUT2D eigenvalue weighted by molar-refractivity contribution is 7.12. The summed E-state index contributed by atoms with van der Waals surface area (Å²) >= 11 is 0.913. The fourth-order valence-electron chi connectivity index (χ4n) is 3.54. The van der Waals surface area contributed by atoms with Crippen molar-refractivity contribution in [1.29, 1.82) is 0 Å². The second-order valence-electron chi connectivity index (χ2n) is 6.58. The number of urea groups is 1. The molecule has 1 saturated heterocycles. The summed E-state index contributed by atoms with van der Waals surface area (Å²) in [7, 11) is 3.90. The van der Waals surface area contributed by atoms with Crippen LogP contribution < -0.4 is 24.8 Å². The van der Waals surface area contributed by atoms with Gasteiger partial charge in [0.15, 0.2) is 17.3 Å². The Balaban J connectivity index is 2.26. The highest BCUT2D eigenvalue weighted by Gasteiger charge is 2.66. The number of amides is 2. The summed E-state index contributed by atoms with van der Waals surface area (Å²) in [6, 6.07) is 2.64. The number of rotatable bonds is 6. The van der Waals surface area contributed by atoms with Gasteiger partial charge >= 0.3 is 12.2 Å². The molecule has 1 aromatic carbocycles. The summed E-state index contributed by atoms with van der Waals surface area (Å²) in [6.45, 7) is 0. The fourth-order valence-corrected chi connectivity index (χ4v) is 4.24. The van der Waals surface area contributed by atoms with E-state index < -0.39 is 35.7 Å². The van der Waals surface area contributed by atoms with Crippen molar-refractivity contribution < 1.29 is 42.1 Å². The Kier molecular flexibility index (Phi) is 6.05. The summed E-state index contributed by atoms with van der Waals surface area (Å²) in [5.74, 6) is -2.97. The quantitative estimate of drug-likeness (QED) is 0.573. The molecule has 1 aliphatic heterocycles. The van der Waals surface area contributed by atoms with Gasteiger partial charge in [-0.25, -0.2) is 4.79 Å². The number of methoxy groups -OCH3 is 3. The lowest BCUT2D eigenvalue weighted by molar-refractivity contribution is -0.287. The van der Waals surface area contributed by atoms with Crippen LogP contribution in [0.25, 0.3) is 0 Å². The molecule has 0 bridgehead atoms. The Bertz CT molecular complexity index is 982. The van der Waals surface area contributed by atoms with Crippen molar-refractivity contribution in [3.05, 3.63) is 40.1 Å². The van der Waals surface area contributed by atoms with E-state index in [1.165, 1.54) is 56.3 Å². The fraction of sp³-hybridized carbons (Fsp3) is 0.368. The van der Waals surface area contributed by atoms with Crippen molar-refractivity contribution in [3.8, 4) is 17.2 Å². The van der Waals surface area contributed by atoms with Crippen molar-refractivity contribution in [2.45, 2.75) is 17.9 Å². The van der Waals surface area contributed by atoms with Crippen molar-refractivity contribution in [3.63, 3.8) is 0 Å². The first-order chi connectivity index (χ1) is 14.6. The van der Waals surface area contributed by atoms with E-state index in [-0.39, 0.29) is 27.7 Å². The van der Waals surface area contributed by atoms with E-state index in [2.05, 4.69) is 5.32 Å². The number of thiophene rings is 1. The molecule has 2 aromatic rings. The Morgan fingerprint density at radius 1 is 1.13 bits per heavy atom. The van der Waals surface area contributed by atoms with Gasteiger partial charge in [-0.2, -0.15) is 13.2 Å². The minimum atomic E-state index is -5.36. The maximum absolute atomic E-state index is 14.0. The highest BCUT2D eigenvalue weighted by Crippen LogP contribution is 2.49. The molecule has 0 spiro atoms. The predicted molar refractivity (Wildman–Crippen MR) is 104 cm³/mol. The number of carbonyl (C=O) groups excluding carboxylic acids is 2. The van der Waals surface area contributed by atoms with E-state index in [0.29, 0.717) is 0 Å². The zero-order chi connectivity index (χ0) is 23.0. The molecule has 3 atom stereocenters. The molecule has 0 aliphatic carbocycles. The van der Waals surface area contributed by atoms with Crippen LogP contribution in [0, 0.1) is 5.92 Å². The van der Waals surface area contributed by atoms with Crippen LogP contribution in [0.3, 0.4) is 0 Å². The number of hydrogen-bond acceptors (Lipinski definition) is 7. The summed E-state index contributed by atoms with van der Waals surface area (Å²) in [6.07, 6.45) is -5.36. The third-order valence-corrected chi connectivity index (χ3v) is 5.81. The third kappa shape index (κ3) is 3.76. The molecule has 1 aromatic heterocycles. The largest absolute Gasteiger partial charge is 0.493 e. The molecule has 3 rings (SSSR count). The number of ether oxygens (including phenoxy) is 3. The van der Waals surface area contributed by atoms with Crippen molar-refractivity contribution in [1.82, 2.24) is 10.6 Å². The van der Waals surface area contributed by atoms with Crippen LogP contribution in [0.2, 0.25) is 0 Å². The molecular formula is C19H19F3N2O6S. The first-order valence-electron chi connectivity index (χ1n) is 8.83. The molecule has 0 radical (unpaired) electrons. The molecule has 0 saturated carbocycles. The standard InChI is InChI=1S/C19H19F3N2O6S/c1-28-10-7-6-9(15(29-2)16(10)30-3)13-12(14(25)11-5-4-8-31-11)18(27,19(20,21)22)24-17(26)23-13/h4-8,12-13,27H,1-3H3,(H2,23,24,26)/t12-,13-,18+/m1/s1. The number of nitrogens with one attached hydrogen (secondary N) is 2. The smallest absolute Gasteiger partial charge is 0.437 e. The summed E-state index contributed by atoms with van der Waals surface area (Å²) < 4.78 is 57.7. The van der Waals surface area contributed by atoms with Crippen LogP contribution in [0.5, 0.6) is 17.2 Å². The number of alkyl halides is 3. The lowest BCUT2D eigenvalue weighted by Gasteiger charge is -2.45. The molecule has 2 amide bonds. The van der Waals surface area contributed by atoms with Gasteiger partial charge in [0.2, 0.25) is 11.5 Å². The van der Waals surface area contributed by atoms with Crippen LogP contribution in [0.4, 0.5) is 18.0 Å². The normalized spacial score (nSPS) is 23.5. The lowest BCUT2D eigenvalue weighted by atomic mass is 9.78. The van der Waals surface area contributed by atoms with E-state index in [9.17, 15) is 27.9 Å². The molecule has 168 valence electrons. The number of ketones is 1. The van der Waals surface area contributed by atoms with Gasteiger partial charge in [0.1, 0.15) is 5.92 Å². The molecule has 31 heavy (non-hydrogen) atoms. The van der Waals surface area contributed by atoms with E-state index >= 15 is 0 Å². The number of Topliss-reactive ketones (excluding diaryl/α,β-unsaturated/α-hetero) is 1. The number of carbonyl (C=O) groups is 2. The van der Waals surface area contributed by atoms with Gasteiger partial charge in [0.05, 0.1) is 32.2 Å². The molecule has 0 unspecified atom stereocenters. The predicted octanol–water partition coefficient (Wildman–Crippen LogP) is 2.88. The molecule has 3 N–H and O–H groups in total. The highest BCUT2D eigenvalue weighted by atomic mass is 32.1. The summed E-state index contributed by atoms with van der Waals surface area (Å²) in [4.78, 5) is 25.3. The number of halogens is 3. The summed E-state index contributed by atoms with van der Waals surface area (Å²) in [5, 5.41) is 15.9. The monoisotopic (exact) mass is 460 g/mol. The molecule has 12 heteroatoms. The van der Waals surface area contributed by atoms with Gasteiger partial charge < -0.3 is 30.0 Å². The number of hydrogen-bond donors (Lipinski definition) is 3. The van der Waals surface area contributed by atoms with E-state index in [0.717, 1.165) is 11.3 Å². The average molecular weight is 460 g/mol. The third-order valence-electron chi connectivity index (χ3n) is 4.92. The van der Waals surface area contributed by atoms with Crippen molar-refractivity contribution in [2.75, 3.05) is 21.3 Å². The Morgan fingerprint density at radius 3 is 2.32 bits per heavy atom. The first kappa shape index (κ1) is 22.7. The zero-order valence-corrected chi connectivity index (χ0v) is 17.4. The average Bonchev–Trinajstić information content (AvgIpc) is 3.25. The Morgan fingerprint density at radius 2 is 1.81 bits per heavy atom. The maximum atomic E-state index is 14.0.